The first-order valence-corrected chi connectivity index (χ1v) is 6.60. The number of benzene rings is 2. The molecule has 0 fully saturated rings. The van der Waals surface area contributed by atoms with Gasteiger partial charge < -0.3 is 20.5 Å². The molecule has 104 valence electrons. The first kappa shape index (κ1) is 11.8. The van der Waals surface area contributed by atoms with Gasteiger partial charge >= 0.3 is 0 Å². The molecule has 2 aromatic carbocycles. The second-order valence-electron chi connectivity index (χ2n) is 4.92. The lowest BCUT2D eigenvalue weighted by atomic mass is 10.0. The van der Waals surface area contributed by atoms with E-state index >= 15 is 0 Å². The molecule has 21 heavy (non-hydrogen) atoms. The van der Waals surface area contributed by atoms with Crippen molar-refractivity contribution in [2.24, 2.45) is 0 Å². The Morgan fingerprint density at radius 3 is 2.38 bits per heavy atom. The van der Waals surface area contributed by atoms with Crippen molar-refractivity contribution in [3.8, 4) is 5.75 Å². The highest BCUT2D eigenvalue weighted by Gasteiger charge is 2.40. The molecule has 0 aromatic heterocycles. The molecular weight excluding hydrogens is 268 g/mol. The van der Waals surface area contributed by atoms with Gasteiger partial charge in [-0.15, -0.1) is 0 Å². The number of para-hydroxylation sites is 3. The van der Waals surface area contributed by atoms with Gasteiger partial charge in [0.2, 0.25) is 11.7 Å². The minimum absolute atomic E-state index is 0.0493. The van der Waals surface area contributed by atoms with Crippen molar-refractivity contribution in [1.82, 2.24) is 0 Å². The van der Waals surface area contributed by atoms with E-state index in [1.807, 2.05) is 24.3 Å². The van der Waals surface area contributed by atoms with Gasteiger partial charge in [0, 0.05) is 5.56 Å². The summed E-state index contributed by atoms with van der Waals surface area (Å²) >= 11 is 0. The van der Waals surface area contributed by atoms with Crippen LogP contribution in [0.15, 0.2) is 60.1 Å². The van der Waals surface area contributed by atoms with Crippen LogP contribution in [0.4, 0.5) is 11.4 Å². The predicted molar refractivity (Wildman–Crippen MR) is 77.7 cm³/mol. The number of anilines is 2. The average Bonchev–Trinajstić information content (AvgIpc) is 2.82. The molecule has 2 aliphatic rings. The first-order valence-electron chi connectivity index (χ1n) is 6.60. The maximum atomic E-state index is 12.5. The summed E-state index contributed by atoms with van der Waals surface area (Å²) < 4.78 is 5.70. The van der Waals surface area contributed by atoms with Crippen LogP contribution in [-0.4, -0.2) is 10.9 Å². The van der Waals surface area contributed by atoms with Crippen LogP contribution in [0.25, 0.3) is 0 Å². The van der Waals surface area contributed by atoms with E-state index in [4.69, 9.17) is 4.74 Å². The summed E-state index contributed by atoms with van der Waals surface area (Å²) in [4.78, 5) is 12.5. The molecular formula is C16H12N2O3. The lowest BCUT2D eigenvalue weighted by Crippen LogP contribution is -2.17. The molecule has 3 N–H and O–H groups in total. The predicted octanol–water partition coefficient (Wildman–Crippen LogP) is 2.74. The first-order chi connectivity index (χ1) is 10.2. The van der Waals surface area contributed by atoms with Crippen LogP contribution < -0.4 is 10.6 Å². The molecule has 2 heterocycles. The maximum Gasteiger partial charge on any atom is 0.229 e. The molecule has 1 atom stereocenters. The second-order valence-corrected chi connectivity index (χ2v) is 4.92. The standard InChI is InChI=1S/C16H12N2O3/c19-12-8-4-1-5-9(12)15-14(20)13-16(21-15)18-11-7-3-2-6-10(11)17-13/h1-8,15,17-19H/t15-/m1/s1. The molecule has 2 aromatic rings. The van der Waals surface area contributed by atoms with E-state index < -0.39 is 6.10 Å². The lowest BCUT2D eigenvalue weighted by molar-refractivity contribution is -0.121. The molecule has 0 radical (unpaired) electrons. The minimum atomic E-state index is -0.828. The van der Waals surface area contributed by atoms with Crippen LogP contribution >= 0.6 is 0 Å². The molecule has 0 saturated carbocycles. The largest absolute Gasteiger partial charge is 0.508 e. The minimum Gasteiger partial charge on any atom is -0.508 e. The monoisotopic (exact) mass is 280 g/mol. The summed E-state index contributed by atoms with van der Waals surface area (Å²) in [5.41, 5.74) is 2.53. The van der Waals surface area contributed by atoms with Crippen molar-refractivity contribution < 1.29 is 14.6 Å². The Bertz CT molecular complexity index is 783. The Labute approximate surface area is 120 Å². The van der Waals surface area contributed by atoms with Crippen molar-refractivity contribution in [3.05, 3.63) is 65.7 Å². The smallest absolute Gasteiger partial charge is 0.229 e. The third-order valence-corrected chi connectivity index (χ3v) is 3.60. The number of ether oxygens (including phenoxy) is 1. The summed E-state index contributed by atoms with van der Waals surface area (Å²) in [7, 11) is 0. The summed E-state index contributed by atoms with van der Waals surface area (Å²) in [6, 6.07) is 14.3. The number of ketones is 1. The number of phenolic OH excluding ortho intramolecular Hbond substituents is 1. The Morgan fingerprint density at radius 1 is 0.952 bits per heavy atom. The fraction of sp³-hybridized carbons (Fsp3) is 0.0625. The number of phenols is 1. The van der Waals surface area contributed by atoms with Crippen LogP contribution in [-0.2, 0) is 9.53 Å². The molecule has 0 spiro atoms. The number of hydrogen-bond donors (Lipinski definition) is 3. The van der Waals surface area contributed by atoms with E-state index in [0.29, 0.717) is 17.1 Å². The number of aromatic hydroxyl groups is 1. The number of carbonyl (C=O) groups excluding carboxylic acids is 1. The normalized spacial score (nSPS) is 19.2. The average molecular weight is 280 g/mol. The third-order valence-electron chi connectivity index (χ3n) is 3.60. The number of fused-ring (bicyclic) bond motifs is 1. The van der Waals surface area contributed by atoms with Gasteiger partial charge in [-0.25, -0.2) is 0 Å². The summed E-state index contributed by atoms with van der Waals surface area (Å²) in [6.07, 6.45) is -0.828. The van der Waals surface area contributed by atoms with Crippen molar-refractivity contribution in [2.75, 3.05) is 10.6 Å². The molecule has 0 unspecified atom stereocenters. The SMILES string of the molecule is O=C1C2=C(Nc3ccccc3N2)O[C@@H]1c1ccccc1O. The van der Waals surface area contributed by atoms with Gasteiger partial charge in [0.1, 0.15) is 11.4 Å². The number of carbonyl (C=O) groups is 1. The Hall–Kier alpha value is -2.95. The fourth-order valence-corrected chi connectivity index (χ4v) is 2.56. The van der Waals surface area contributed by atoms with Gasteiger partial charge in [0.25, 0.3) is 0 Å². The van der Waals surface area contributed by atoms with Gasteiger partial charge in [-0.05, 0) is 18.2 Å². The van der Waals surface area contributed by atoms with E-state index in [-0.39, 0.29) is 11.5 Å². The lowest BCUT2D eigenvalue weighted by Gasteiger charge is -2.19. The molecule has 5 nitrogen and oxygen atoms in total. The van der Waals surface area contributed by atoms with Gasteiger partial charge in [0.15, 0.2) is 6.10 Å². The van der Waals surface area contributed by atoms with E-state index in [9.17, 15) is 9.90 Å². The molecule has 2 aliphatic heterocycles. The van der Waals surface area contributed by atoms with E-state index in [1.54, 1.807) is 24.3 Å². The van der Waals surface area contributed by atoms with Crippen LogP contribution in [0.2, 0.25) is 0 Å². The Balaban J connectivity index is 1.69. The number of Topliss-reactive ketones (excluding diaryl/α,β-unsaturated/α-hetero) is 1. The Kier molecular flexibility index (Phi) is 2.41. The summed E-state index contributed by atoms with van der Waals surface area (Å²) in [6.45, 7) is 0. The molecule has 0 amide bonds. The second kappa shape index (κ2) is 4.28. The van der Waals surface area contributed by atoms with Crippen molar-refractivity contribution in [3.63, 3.8) is 0 Å². The molecule has 0 saturated heterocycles. The zero-order valence-electron chi connectivity index (χ0n) is 11.0. The van der Waals surface area contributed by atoms with Gasteiger partial charge in [-0.3, -0.25) is 4.79 Å². The van der Waals surface area contributed by atoms with Crippen molar-refractivity contribution in [1.29, 1.82) is 0 Å². The fourth-order valence-electron chi connectivity index (χ4n) is 2.56. The van der Waals surface area contributed by atoms with Crippen LogP contribution in [0.5, 0.6) is 5.75 Å². The van der Waals surface area contributed by atoms with Gasteiger partial charge in [-0.1, -0.05) is 30.3 Å². The van der Waals surface area contributed by atoms with Crippen LogP contribution in [0, 0.1) is 0 Å². The highest BCUT2D eigenvalue weighted by Crippen LogP contribution is 2.41. The third kappa shape index (κ3) is 1.74. The van der Waals surface area contributed by atoms with Gasteiger partial charge in [0.05, 0.1) is 11.4 Å². The van der Waals surface area contributed by atoms with E-state index in [2.05, 4.69) is 10.6 Å². The molecule has 5 heteroatoms. The summed E-state index contributed by atoms with van der Waals surface area (Å²) in [5.74, 6) is 0.244. The molecule has 4 rings (SSSR count). The molecule has 0 aliphatic carbocycles. The highest BCUT2D eigenvalue weighted by atomic mass is 16.5. The van der Waals surface area contributed by atoms with Crippen molar-refractivity contribution >= 4 is 17.2 Å². The Morgan fingerprint density at radius 2 is 1.62 bits per heavy atom. The maximum absolute atomic E-state index is 12.5. The topological polar surface area (TPSA) is 70.6 Å². The summed E-state index contributed by atoms with van der Waals surface area (Å²) in [5, 5.41) is 16.1. The number of nitrogens with one attached hydrogen (secondary N) is 2. The van der Waals surface area contributed by atoms with Crippen molar-refractivity contribution in [2.45, 2.75) is 6.10 Å². The zero-order chi connectivity index (χ0) is 14.4. The van der Waals surface area contributed by atoms with E-state index in [1.165, 1.54) is 0 Å². The van der Waals surface area contributed by atoms with Gasteiger partial charge in [-0.2, -0.15) is 0 Å². The number of rotatable bonds is 1. The zero-order valence-corrected chi connectivity index (χ0v) is 11.0. The van der Waals surface area contributed by atoms with Crippen LogP contribution in [0.3, 0.4) is 0 Å². The number of hydrogen-bond acceptors (Lipinski definition) is 5. The highest BCUT2D eigenvalue weighted by molar-refractivity contribution is 6.06. The quantitative estimate of drug-likeness (QED) is 0.749. The molecule has 0 bridgehead atoms. The van der Waals surface area contributed by atoms with Crippen LogP contribution in [0.1, 0.15) is 11.7 Å². The van der Waals surface area contributed by atoms with E-state index in [0.717, 1.165) is 11.4 Å².